The summed E-state index contributed by atoms with van der Waals surface area (Å²) >= 11 is 2.98. The van der Waals surface area contributed by atoms with Crippen LogP contribution in [0.15, 0.2) is 30.3 Å². The van der Waals surface area contributed by atoms with Crippen LogP contribution in [0.5, 0.6) is 0 Å². The van der Waals surface area contributed by atoms with E-state index in [-0.39, 0.29) is 5.56 Å². The van der Waals surface area contributed by atoms with Crippen molar-refractivity contribution in [2.45, 2.75) is 5.32 Å². The Hall–Kier alpha value is -0.831. The summed E-state index contributed by atoms with van der Waals surface area (Å²) in [6.45, 7) is 1.22. The zero-order valence-electron chi connectivity index (χ0n) is 9.97. The third-order valence-corrected chi connectivity index (χ3v) is 2.15. The molecule has 89 valence electrons. The number of carboxylic acid groups (broad SMARTS) is 1. The standard InChI is InChI=1S/C7H6O2.C5H13NSe/c8-7(9)6-4-2-1-3-5-6;1-6(2,3)4-5-7/h1-5H,(H,8,9);4-5H2,1-3H3/q;+1/p-1. The van der Waals surface area contributed by atoms with Crippen LogP contribution in [-0.4, -0.2) is 54.2 Å². The Morgan fingerprint density at radius 1 is 1.25 bits per heavy atom. The number of carbonyl (C=O) groups excluding carboxylic acids is 1. The normalized spacial score (nSPS) is 10.2. The minimum Gasteiger partial charge on any atom is -0.545 e. The first-order valence-corrected chi connectivity index (χ1v) is 6.23. The van der Waals surface area contributed by atoms with Crippen molar-refractivity contribution in [3.63, 3.8) is 0 Å². The molecule has 0 unspecified atom stereocenters. The van der Waals surface area contributed by atoms with Crippen LogP contribution < -0.4 is 5.11 Å². The van der Waals surface area contributed by atoms with Crippen molar-refractivity contribution < 1.29 is 14.4 Å². The summed E-state index contributed by atoms with van der Waals surface area (Å²) in [7, 11) is 6.58. The molecule has 0 atom stereocenters. The van der Waals surface area contributed by atoms with Crippen molar-refractivity contribution in [1.82, 2.24) is 0 Å². The second-order valence-corrected chi connectivity index (χ2v) is 5.23. The van der Waals surface area contributed by atoms with Gasteiger partial charge in [0.2, 0.25) is 0 Å². The van der Waals surface area contributed by atoms with Crippen LogP contribution in [0.3, 0.4) is 0 Å². The van der Waals surface area contributed by atoms with Crippen LogP contribution in [0.25, 0.3) is 0 Å². The molecule has 0 aromatic heterocycles. The van der Waals surface area contributed by atoms with E-state index in [0.29, 0.717) is 0 Å². The van der Waals surface area contributed by atoms with Crippen LogP contribution in [0, 0.1) is 0 Å². The van der Waals surface area contributed by atoms with Gasteiger partial charge in [-0.1, -0.05) is 30.3 Å². The summed E-state index contributed by atoms with van der Waals surface area (Å²) in [5.41, 5.74) is 0.220. The molecule has 0 bridgehead atoms. The fourth-order valence-corrected chi connectivity index (χ4v) is 2.00. The summed E-state index contributed by atoms with van der Waals surface area (Å²) in [4.78, 5) is 10.1. The van der Waals surface area contributed by atoms with Crippen LogP contribution in [0.4, 0.5) is 0 Å². The molecule has 1 aromatic carbocycles. The molecule has 16 heavy (non-hydrogen) atoms. The maximum Gasteiger partial charge on any atom is 0.0715 e. The maximum atomic E-state index is 10.1. The molecule has 0 amide bonds. The van der Waals surface area contributed by atoms with E-state index in [9.17, 15) is 9.90 Å². The topological polar surface area (TPSA) is 40.1 Å². The molecule has 3 nitrogen and oxygen atoms in total. The number of hydrogen-bond donors (Lipinski definition) is 0. The SMILES string of the molecule is C[N+](C)(C)CC[Se].O=C([O-])c1ccccc1. The second kappa shape index (κ2) is 7.44. The molecule has 0 aliphatic heterocycles. The maximum absolute atomic E-state index is 10.1. The van der Waals surface area contributed by atoms with E-state index >= 15 is 0 Å². The van der Waals surface area contributed by atoms with Crippen molar-refractivity contribution in [3.8, 4) is 0 Å². The number of quaternary nitrogens is 1. The van der Waals surface area contributed by atoms with Crippen LogP contribution >= 0.6 is 0 Å². The monoisotopic (exact) mass is 288 g/mol. The number of nitrogens with zero attached hydrogens (tertiary/aromatic N) is 1. The van der Waals surface area contributed by atoms with Gasteiger partial charge in [-0.05, 0) is 5.56 Å². The zero-order chi connectivity index (χ0) is 12.6. The molecule has 1 rings (SSSR count). The van der Waals surface area contributed by atoms with Gasteiger partial charge in [0.15, 0.2) is 0 Å². The molecule has 1 radical (unpaired) electrons. The molecule has 0 aliphatic carbocycles. The number of aromatic carboxylic acids is 1. The Bertz CT molecular complexity index is 307. The van der Waals surface area contributed by atoms with Gasteiger partial charge < -0.3 is 9.90 Å². The fraction of sp³-hybridized carbons (Fsp3) is 0.417. The Kier molecular flexibility index (Phi) is 7.06. The van der Waals surface area contributed by atoms with Gasteiger partial charge in [0.1, 0.15) is 0 Å². The first kappa shape index (κ1) is 15.2. The Morgan fingerprint density at radius 2 is 1.75 bits per heavy atom. The van der Waals surface area contributed by atoms with Gasteiger partial charge in [-0.15, -0.1) is 0 Å². The van der Waals surface area contributed by atoms with E-state index in [0.717, 1.165) is 9.80 Å². The smallest absolute Gasteiger partial charge is 0.0715 e. The molecular weight excluding hydrogens is 269 g/mol. The van der Waals surface area contributed by atoms with Gasteiger partial charge in [0, 0.05) is 0 Å². The Balaban J connectivity index is 0.000000293. The quantitative estimate of drug-likeness (QED) is 0.594. The zero-order valence-corrected chi connectivity index (χ0v) is 11.7. The third kappa shape index (κ3) is 8.48. The first-order valence-electron chi connectivity index (χ1n) is 5.02. The van der Waals surface area contributed by atoms with Crippen molar-refractivity contribution in [2.24, 2.45) is 0 Å². The van der Waals surface area contributed by atoms with Crippen molar-refractivity contribution in [3.05, 3.63) is 35.9 Å². The minimum absolute atomic E-state index is 0.220. The van der Waals surface area contributed by atoms with Gasteiger partial charge in [-0.2, -0.15) is 0 Å². The molecule has 0 saturated carbocycles. The van der Waals surface area contributed by atoms with E-state index < -0.39 is 5.97 Å². The molecule has 0 N–H and O–H groups in total. The van der Waals surface area contributed by atoms with Gasteiger partial charge >= 0.3 is 53.5 Å². The van der Waals surface area contributed by atoms with Gasteiger partial charge in [0.25, 0.3) is 0 Å². The number of carboxylic acids is 1. The summed E-state index contributed by atoms with van der Waals surface area (Å²) in [5.74, 6) is -1.13. The minimum atomic E-state index is -1.13. The van der Waals surface area contributed by atoms with Crippen LogP contribution in [-0.2, 0) is 0 Å². The molecule has 1 aromatic rings. The van der Waals surface area contributed by atoms with Crippen molar-refractivity contribution in [2.75, 3.05) is 27.7 Å². The number of rotatable bonds is 3. The van der Waals surface area contributed by atoms with E-state index in [1.54, 1.807) is 18.2 Å². The number of benzene rings is 1. The predicted molar refractivity (Wildman–Crippen MR) is 64.2 cm³/mol. The van der Waals surface area contributed by atoms with E-state index in [1.807, 2.05) is 0 Å². The van der Waals surface area contributed by atoms with Gasteiger partial charge in [-0.3, -0.25) is 0 Å². The molecule has 4 heteroatoms. The average Bonchev–Trinajstić information content (AvgIpc) is 2.18. The number of hydrogen-bond acceptors (Lipinski definition) is 2. The predicted octanol–water partition coefficient (Wildman–Crippen LogP) is 0.330. The third-order valence-electron chi connectivity index (χ3n) is 1.77. The molecule has 0 spiro atoms. The van der Waals surface area contributed by atoms with Crippen LogP contribution in [0.1, 0.15) is 10.4 Å². The first-order chi connectivity index (χ1) is 7.37. The van der Waals surface area contributed by atoms with E-state index in [2.05, 4.69) is 37.2 Å². The molecule has 0 heterocycles. The van der Waals surface area contributed by atoms with Gasteiger partial charge in [0.05, 0.1) is 5.97 Å². The van der Waals surface area contributed by atoms with E-state index in [1.165, 1.54) is 18.7 Å². The van der Waals surface area contributed by atoms with E-state index in [4.69, 9.17) is 0 Å². The molecule has 0 aliphatic rings. The van der Waals surface area contributed by atoms with Crippen LogP contribution in [0.2, 0.25) is 5.32 Å². The second-order valence-electron chi connectivity index (χ2n) is 4.37. The van der Waals surface area contributed by atoms with Crippen molar-refractivity contribution in [1.29, 1.82) is 0 Å². The molecule has 0 fully saturated rings. The number of carbonyl (C=O) groups is 1. The molecular formula is C12H18NO2Se. The van der Waals surface area contributed by atoms with Crippen molar-refractivity contribution >= 4 is 22.0 Å². The Labute approximate surface area is 105 Å². The Morgan fingerprint density at radius 3 is 1.94 bits per heavy atom. The summed E-state index contributed by atoms with van der Waals surface area (Å²) in [5, 5.41) is 11.2. The molecule has 0 saturated heterocycles. The van der Waals surface area contributed by atoms with Gasteiger partial charge in [-0.25, -0.2) is 0 Å². The average molecular weight is 287 g/mol. The summed E-state index contributed by atoms with van der Waals surface area (Å²) < 4.78 is 1.06. The summed E-state index contributed by atoms with van der Waals surface area (Å²) in [6.07, 6.45) is 0. The fourth-order valence-electron chi connectivity index (χ4n) is 0.848. The largest absolute Gasteiger partial charge is 0.545 e. The summed E-state index contributed by atoms with van der Waals surface area (Å²) in [6, 6.07) is 8.06.